The third-order valence-corrected chi connectivity index (χ3v) is 2.65. The molecule has 0 spiro atoms. The smallest absolute Gasteiger partial charge is 0.302 e. The molecule has 3 heteroatoms. The highest BCUT2D eigenvalue weighted by Gasteiger charge is 2.31. The molecule has 0 saturated heterocycles. The topological polar surface area (TPSA) is 35.5 Å². The molecule has 0 saturated carbocycles. The Balaban J connectivity index is 0.00000121. The highest BCUT2D eigenvalue weighted by atomic mass is 16.5. The maximum Gasteiger partial charge on any atom is 0.302 e. The second kappa shape index (κ2) is 7.28. The van der Waals surface area contributed by atoms with Crippen LogP contribution >= 0.6 is 0 Å². The van der Waals surface area contributed by atoms with Gasteiger partial charge in [0, 0.05) is 12.3 Å². The van der Waals surface area contributed by atoms with E-state index in [2.05, 4.69) is 40.0 Å². The van der Waals surface area contributed by atoms with Crippen LogP contribution in [0.2, 0.25) is 0 Å². The minimum Gasteiger partial charge on any atom is -0.465 e. The summed E-state index contributed by atoms with van der Waals surface area (Å²) in [5.41, 5.74) is 1.19. The molecule has 1 rings (SSSR count). The summed E-state index contributed by atoms with van der Waals surface area (Å²) in [7, 11) is 0. The summed E-state index contributed by atoms with van der Waals surface area (Å²) in [6, 6.07) is 0. The first-order valence-electron chi connectivity index (χ1n) is 5.84. The molecular formula is C14H24O3. The Kier molecular flexibility index (Phi) is 6.81. The lowest BCUT2D eigenvalue weighted by Crippen LogP contribution is -2.37. The highest BCUT2D eigenvalue weighted by molar-refractivity contribution is 5.65. The van der Waals surface area contributed by atoms with Gasteiger partial charge >= 0.3 is 5.97 Å². The van der Waals surface area contributed by atoms with Crippen LogP contribution in [-0.2, 0) is 14.3 Å². The first-order valence-corrected chi connectivity index (χ1v) is 5.84. The second-order valence-electron chi connectivity index (χ2n) is 4.82. The fourth-order valence-electron chi connectivity index (χ4n) is 1.56. The molecular weight excluding hydrogens is 216 g/mol. The maximum absolute atomic E-state index is 10.8. The number of hydrogen-bond acceptors (Lipinski definition) is 3. The Morgan fingerprint density at radius 1 is 1.59 bits per heavy atom. The summed E-state index contributed by atoms with van der Waals surface area (Å²) in [6.45, 7) is 14.8. The van der Waals surface area contributed by atoms with Crippen molar-refractivity contribution in [1.82, 2.24) is 0 Å². The van der Waals surface area contributed by atoms with Crippen molar-refractivity contribution in [3.8, 4) is 0 Å². The predicted octanol–water partition coefficient (Wildman–Crippen LogP) is 3.11. The quantitative estimate of drug-likeness (QED) is 0.561. The summed E-state index contributed by atoms with van der Waals surface area (Å²) in [5.74, 6) is -0.236. The monoisotopic (exact) mass is 240 g/mol. The number of ether oxygens (including phenoxy) is 2. The van der Waals surface area contributed by atoms with Crippen molar-refractivity contribution >= 4 is 5.97 Å². The standard InChI is InChI=1S/C12H20O3.C2H4/c1-9-5-6-14-11(7-9)12(3,4)8-15-10(2)13;1-2/h7,11H,5-6,8H2,1-4H3;1-2H2. The van der Waals surface area contributed by atoms with E-state index in [9.17, 15) is 4.79 Å². The predicted molar refractivity (Wildman–Crippen MR) is 69.8 cm³/mol. The Morgan fingerprint density at radius 3 is 2.65 bits per heavy atom. The van der Waals surface area contributed by atoms with E-state index in [1.807, 2.05) is 0 Å². The van der Waals surface area contributed by atoms with Gasteiger partial charge in [0.05, 0.1) is 19.3 Å². The Hall–Kier alpha value is -1.09. The molecule has 0 amide bonds. The van der Waals surface area contributed by atoms with Gasteiger partial charge in [-0.25, -0.2) is 0 Å². The minimum absolute atomic E-state index is 0.0469. The summed E-state index contributed by atoms with van der Waals surface area (Å²) in [6.07, 6.45) is 3.18. The zero-order valence-electron chi connectivity index (χ0n) is 11.4. The van der Waals surface area contributed by atoms with Gasteiger partial charge in [-0.05, 0) is 13.3 Å². The number of carbonyl (C=O) groups is 1. The van der Waals surface area contributed by atoms with Crippen molar-refractivity contribution in [2.24, 2.45) is 5.41 Å². The van der Waals surface area contributed by atoms with Crippen LogP contribution in [0.25, 0.3) is 0 Å². The van der Waals surface area contributed by atoms with Gasteiger partial charge < -0.3 is 9.47 Å². The van der Waals surface area contributed by atoms with Crippen molar-refractivity contribution < 1.29 is 14.3 Å². The van der Waals surface area contributed by atoms with Crippen LogP contribution in [0.5, 0.6) is 0 Å². The van der Waals surface area contributed by atoms with E-state index >= 15 is 0 Å². The number of hydrogen-bond donors (Lipinski definition) is 0. The molecule has 3 nitrogen and oxygen atoms in total. The number of carbonyl (C=O) groups excluding carboxylic acids is 1. The third kappa shape index (κ3) is 5.68. The van der Waals surface area contributed by atoms with Gasteiger partial charge in [0.25, 0.3) is 0 Å². The van der Waals surface area contributed by atoms with Crippen LogP contribution < -0.4 is 0 Å². The number of esters is 1. The zero-order valence-corrected chi connectivity index (χ0v) is 11.4. The molecule has 0 bridgehead atoms. The molecule has 1 aliphatic heterocycles. The van der Waals surface area contributed by atoms with Crippen LogP contribution in [0.15, 0.2) is 24.8 Å². The first kappa shape index (κ1) is 15.9. The molecule has 0 aromatic rings. The number of rotatable bonds is 3. The van der Waals surface area contributed by atoms with Crippen LogP contribution in [0.1, 0.15) is 34.1 Å². The second-order valence-corrected chi connectivity index (χ2v) is 4.82. The molecule has 0 radical (unpaired) electrons. The largest absolute Gasteiger partial charge is 0.465 e. The third-order valence-electron chi connectivity index (χ3n) is 2.65. The van der Waals surface area contributed by atoms with Crippen LogP contribution in [0.3, 0.4) is 0 Å². The average Bonchev–Trinajstić information content (AvgIpc) is 2.29. The fourth-order valence-corrected chi connectivity index (χ4v) is 1.56. The van der Waals surface area contributed by atoms with Gasteiger partial charge in [-0.15, -0.1) is 13.2 Å². The normalized spacial score (nSPS) is 19.8. The van der Waals surface area contributed by atoms with Gasteiger partial charge in [-0.1, -0.05) is 25.5 Å². The maximum atomic E-state index is 10.8. The SMILES string of the molecule is C=C.CC(=O)OCC(C)(C)C1C=C(C)CCO1. The lowest BCUT2D eigenvalue weighted by atomic mass is 9.85. The molecule has 1 unspecified atom stereocenters. The molecule has 0 N–H and O–H groups in total. The van der Waals surface area contributed by atoms with E-state index < -0.39 is 0 Å². The summed E-state index contributed by atoms with van der Waals surface area (Å²) < 4.78 is 10.7. The lowest BCUT2D eigenvalue weighted by Gasteiger charge is -2.34. The van der Waals surface area contributed by atoms with E-state index in [1.54, 1.807) is 0 Å². The lowest BCUT2D eigenvalue weighted by molar-refractivity contribution is -0.146. The molecule has 1 aliphatic rings. The molecule has 0 aromatic heterocycles. The van der Waals surface area contributed by atoms with Crippen molar-refractivity contribution in [2.75, 3.05) is 13.2 Å². The zero-order chi connectivity index (χ0) is 13.5. The van der Waals surface area contributed by atoms with Gasteiger partial charge in [-0.3, -0.25) is 4.79 Å². The van der Waals surface area contributed by atoms with Gasteiger partial charge in [0.15, 0.2) is 0 Å². The summed E-state index contributed by atoms with van der Waals surface area (Å²) in [4.78, 5) is 10.8. The molecule has 17 heavy (non-hydrogen) atoms. The van der Waals surface area contributed by atoms with E-state index in [0.29, 0.717) is 6.61 Å². The Morgan fingerprint density at radius 2 is 2.18 bits per heavy atom. The van der Waals surface area contributed by atoms with Crippen LogP contribution in [-0.4, -0.2) is 25.3 Å². The fraction of sp³-hybridized carbons (Fsp3) is 0.643. The minimum atomic E-state index is -0.236. The van der Waals surface area contributed by atoms with Crippen molar-refractivity contribution in [1.29, 1.82) is 0 Å². The van der Waals surface area contributed by atoms with Crippen LogP contribution in [0, 0.1) is 5.41 Å². The average molecular weight is 240 g/mol. The summed E-state index contributed by atoms with van der Waals surface area (Å²) in [5, 5.41) is 0. The van der Waals surface area contributed by atoms with Gasteiger partial charge in [0.1, 0.15) is 0 Å². The highest BCUT2D eigenvalue weighted by Crippen LogP contribution is 2.29. The Labute approximate surface area is 104 Å². The van der Waals surface area contributed by atoms with Crippen molar-refractivity contribution in [3.05, 3.63) is 24.8 Å². The van der Waals surface area contributed by atoms with Crippen molar-refractivity contribution in [3.63, 3.8) is 0 Å². The van der Waals surface area contributed by atoms with Crippen LogP contribution in [0.4, 0.5) is 0 Å². The molecule has 98 valence electrons. The van der Waals surface area contributed by atoms with Gasteiger partial charge in [0.2, 0.25) is 0 Å². The van der Waals surface area contributed by atoms with E-state index in [1.165, 1.54) is 12.5 Å². The van der Waals surface area contributed by atoms with E-state index in [4.69, 9.17) is 9.47 Å². The molecule has 1 atom stereocenters. The van der Waals surface area contributed by atoms with Crippen molar-refractivity contribution in [2.45, 2.75) is 40.2 Å². The molecule has 1 heterocycles. The summed E-state index contributed by atoms with van der Waals surface area (Å²) >= 11 is 0. The van der Waals surface area contributed by atoms with Gasteiger partial charge in [-0.2, -0.15) is 0 Å². The van der Waals surface area contributed by atoms with E-state index in [-0.39, 0.29) is 17.5 Å². The molecule has 0 aromatic carbocycles. The Bertz CT molecular complexity index is 279. The van der Waals surface area contributed by atoms with E-state index in [0.717, 1.165) is 13.0 Å². The molecule has 0 fully saturated rings. The molecule has 0 aliphatic carbocycles. The first-order chi connectivity index (χ1) is 7.92.